The maximum atomic E-state index is 14.0. The van der Waals surface area contributed by atoms with E-state index in [-0.39, 0.29) is 29.7 Å². The molecule has 168 valence electrons. The molecule has 1 aliphatic rings. The van der Waals surface area contributed by atoms with Crippen molar-refractivity contribution < 1.29 is 17.9 Å². The highest BCUT2D eigenvalue weighted by molar-refractivity contribution is 5.91. The van der Waals surface area contributed by atoms with Gasteiger partial charge in [-0.15, -0.1) is 0 Å². The first-order valence-electron chi connectivity index (χ1n) is 10.5. The van der Waals surface area contributed by atoms with E-state index < -0.39 is 17.2 Å². The summed E-state index contributed by atoms with van der Waals surface area (Å²) in [6.07, 6.45) is -2.80. The van der Waals surface area contributed by atoms with Gasteiger partial charge in [-0.2, -0.15) is 13.2 Å². The molecule has 0 atom stereocenters. The predicted molar refractivity (Wildman–Crippen MR) is 122 cm³/mol. The van der Waals surface area contributed by atoms with Gasteiger partial charge in [0.1, 0.15) is 12.4 Å². The molecule has 3 aromatic carbocycles. The van der Waals surface area contributed by atoms with Gasteiger partial charge in [0.05, 0.1) is 22.2 Å². The fraction of sp³-hybridized carbons (Fsp3) is 0.192. The molecule has 0 aliphatic carbocycles. The van der Waals surface area contributed by atoms with E-state index in [2.05, 4.69) is 0 Å². The number of benzene rings is 3. The number of hydrogen-bond donors (Lipinski definition) is 0. The van der Waals surface area contributed by atoms with Crippen LogP contribution in [-0.2, 0) is 19.2 Å². The minimum atomic E-state index is -4.67. The zero-order valence-electron chi connectivity index (χ0n) is 18.1. The van der Waals surface area contributed by atoms with Gasteiger partial charge >= 0.3 is 6.18 Å². The lowest BCUT2D eigenvalue weighted by Gasteiger charge is -2.18. The lowest BCUT2D eigenvalue weighted by molar-refractivity contribution is -0.136. The molecule has 0 saturated heterocycles. The van der Waals surface area contributed by atoms with Gasteiger partial charge < -0.3 is 14.2 Å². The maximum Gasteiger partial charge on any atom is 0.417 e. The summed E-state index contributed by atoms with van der Waals surface area (Å²) in [5, 5.41) is -0.362. The first kappa shape index (κ1) is 21.1. The van der Waals surface area contributed by atoms with Crippen LogP contribution in [0.4, 0.5) is 18.9 Å². The number of aromatic nitrogens is 1. The molecular formula is C26H21F3N2O2. The van der Waals surface area contributed by atoms with Crippen LogP contribution in [0.2, 0.25) is 0 Å². The molecule has 0 bridgehead atoms. The van der Waals surface area contributed by atoms with Crippen LogP contribution in [-0.4, -0.2) is 18.7 Å². The maximum absolute atomic E-state index is 14.0. The molecule has 2 heterocycles. The largest absolute Gasteiger partial charge is 0.487 e. The van der Waals surface area contributed by atoms with E-state index in [0.29, 0.717) is 11.3 Å². The molecular weight excluding hydrogens is 429 g/mol. The smallest absolute Gasteiger partial charge is 0.417 e. The van der Waals surface area contributed by atoms with E-state index >= 15 is 0 Å². The fourth-order valence-electron chi connectivity index (χ4n) is 4.30. The van der Waals surface area contributed by atoms with E-state index in [0.717, 1.165) is 22.9 Å². The van der Waals surface area contributed by atoms with Crippen LogP contribution in [0, 0.1) is 0 Å². The van der Waals surface area contributed by atoms with E-state index in [1.54, 1.807) is 10.8 Å². The Kier molecular flexibility index (Phi) is 4.92. The molecule has 33 heavy (non-hydrogen) atoms. The van der Waals surface area contributed by atoms with Crippen molar-refractivity contribution >= 4 is 16.6 Å². The minimum Gasteiger partial charge on any atom is -0.487 e. The first-order valence-corrected chi connectivity index (χ1v) is 10.5. The standard InChI is InChI=1S/C26H21F3N2O2/c1-30(2)19-9-7-16(8-10-19)13-18-14-31-21-6-4-3-5-17(21)15-33-22-12-11-20(26(27,28)29)23(24(22)31)25(18)32/h3-12,14H,13,15H2,1-2H3. The SMILES string of the molecule is CN(C)c1ccc(Cc2cn3c4c(ccc(C(F)(F)F)c4c2=O)OCc2ccccc2-3)cc1. The van der Waals surface area contributed by atoms with Gasteiger partial charge in [0.15, 0.2) is 5.43 Å². The van der Waals surface area contributed by atoms with Gasteiger partial charge in [-0.1, -0.05) is 30.3 Å². The highest BCUT2D eigenvalue weighted by Crippen LogP contribution is 2.40. The van der Waals surface area contributed by atoms with E-state index in [9.17, 15) is 18.0 Å². The third-order valence-electron chi connectivity index (χ3n) is 5.97. The minimum absolute atomic E-state index is 0.145. The van der Waals surface area contributed by atoms with Gasteiger partial charge in [-0.3, -0.25) is 4.79 Å². The topological polar surface area (TPSA) is 34.5 Å². The average Bonchev–Trinajstić information content (AvgIpc) is 2.94. The van der Waals surface area contributed by atoms with Crippen molar-refractivity contribution in [1.82, 2.24) is 4.57 Å². The van der Waals surface area contributed by atoms with Crippen molar-refractivity contribution in [3.63, 3.8) is 0 Å². The van der Waals surface area contributed by atoms with Crippen molar-refractivity contribution in [2.45, 2.75) is 19.2 Å². The molecule has 1 aromatic heterocycles. The fourth-order valence-corrected chi connectivity index (χ4v) is 4.30. The summed E-state index contributed by atoms with van der Waals surface area (Å²) in [7, 11) is 3.85. The highest BCUT2D eigenvalue weighted by Gasteiger charge is 2.36. The van der Waals surface area contributed by atoms with Crippen molar-refractivity contribution in [2.24, 2.45) is 0 Å². The molecule has 0 radical (unpaired) electrons. The van der Waals surface area contributed by atoms with Crippen molar-refractivity contribution in [3.8, 4) is 11.4 Å². The predicted octanol–water partition coefficient (Wildman–Crippen LogP) is 5.56. The molecule has 0 unspecified atom stereocenters. The second kappa shape index (κ2) is 7.69. The monoisotopic (exact) mass is 450 g/mol. The van der Waals surface area contributed by atoms with Gasteiger partial charge in [0.2, 0.25) is 0 Å². The second-order valence-electron chi connectivity index (χ2n) is 8.34. The molecule has 0 saturated carbocycles. The van der Waals surface area contributed by atoms with Crippen LogP contribution in [0.25, 0.3) is 16.6 Å². The molecule has 0 N–H and O–H groups in total. The summed E-state index contributed by atoms with van der Waals surface area (Å²) in [5.41, 5.74) is 2.22. The van der Waals surface area contributed by atoms with Crippen LogP contribution >= 0.6 is 0 Å². The van der Waals surface area contributed by atoms with Crippen LogP contribution in [0.5, 0.6) is 5.75 Å². The number of anilines is 1. The zero-order valence-corrected chi connectivity index (χ0v) is 18.1. The molecule has 5 rings (SSSR count). The summed E-state index contributed by atoms with van der Waals surface area (Å²) in [6.45, 7) is 0.202. The Morgan fingerprint density at radius 3 is 2.42 bits per heavy atom. The molecule has 4 aromatic rings. The van der Waals surface area contributed by atoms with Crippen LogP contribution in [0.1, 0.15) is 22.3 Å². The summed E-state index contributed by atoms with van der Waals surface area (Å²) >= 11 is 0. The zero-order chi connectivity index (χ0) is 23.3. The van der Waals surface area contributed by atoms with Crippen LogP contribution < -0.4 is 15.1 Å². The second-order valence-corrected chi connectivity index (χ2v) is 8.34. The Balaban J connectivity index is 1.79. The Morgan fingerprint density at radius 1 is 1.00 bits per heavy atom. The normalized spacial score (nSPS) is 12.8. The van der Waals surface area contributed by atoms with Gasteiger partial charge in [-0.25, -0.2) is 0 Å². The third-order valence-corrected chi connectivity index (χ3v) is 5.97. The summed E-state index contributed by atoms with van der Waals surface area (Å²) in [5.74, 6) is 0.258. The van der Waals surface area contributed by atoms with Crippen molar-refractivity contribution in [1.29, 1.82) is 0 Å². The number of halogens is 3. The van der Waals surface area contributed by atoms with Gasteiger partial charge in [0, 0.05) is 43.5 Å². The number of para-hydroxylation sites is 1. The van der Waals surface area contributed by atoms with Gasteiger partial charge in [0.25, 0.3) is 0 Å². The summed E-state index contributed by atoms with van der Waals surface area (Å²) < 4.78 is 49.4. The molecule has 4 nitrogen and oxygen atoms in total. The number of alkyl halides is 3. The Bertz CT molecular complexity index is 1420. The number of nitrogens with zero attached hydrogens (tertiary/aromatic N) is 2. The number of fused-ring (bicyclic) bond motifs is 2. The Hall–Kier alpha value is -3.74. The number of rotatable bonds is 3. The average molecular weight is 450 g/mol. The van der Waals surface area contributed by atoms with Crippen LogP contribution in [0.3, 0.4) is 0 Å². The molecule has 0 amide bonds. The van der Waals surface area contributed by atoms with E-state index in [1.807, 2.05) is 67.5 Å². The number of hydrogen-bond acceptors (Lipinski definition) is 3. The quantitative estimate of drug-likeness (QED) is 0.410. The van der Waals surface area contributed by atoms with E-state index in [4.69, 9.17) is 4.74 Å². The van der Waals surface area contributed by atoms with Crippen molar-refractivity contribution in [2.75, 3.05) is 19.0 Å². The molecule has 0 fully saturated rings. The van der Waals surface area contributed by atoms with E-state index in [1.165, 1.54) is 6.07 Å². The molecule has 1 aliphatic heterocycles. The lowest BCUT2D eigenvalue weighted by atomic mass is 9.99. The molecule has 7 heteroatoms. The number of pyridine rings is 1. The van der Waals surface area contributed by atoms with Crippen molar-refractivity contribution in [3.05, 3.63) is 99.3 Å². The van der Waals surface area contributed by atoms with Gasteiger partial charge in [-0.05, 0) is 35.9 Å². The third kappa shape index (κ3) is 3.63. The summed E-state index contributed by atoms with van der Waals surface area (Å²) in [6, 6.07) is 17.2. The highest BCUT2D eigenvalue weighted by atomic mass is 19.4. The summed E-state index contributed by atoms with van der Waals surface area (Å²) in [4.78, 5) is 15.4. The Labute approximate surface area is 188 Å². The first-order chi connectivity index (χ1) is 15.7. The lowest BCUT2D eigenvalue weighted by Crippen LogP contribution is -2.19. The number of ether oxygens (including phenoxy) is 1. The molecule has 0 spiro atoms. The van der Waals surface area contributed by atoms with Crippen LogP contribution in [0.15, 0.2) is 71.7 Å². The Morgan fingerprint density at radius 2 is 1.73 bits per heavy atom.